The number of ether oxygens (including phenoxy) is 1. The number of carboxylic acids is 1. The highest BCUT2D eigenvalue weighted by molar-refractivity contribution is 7.90. The van der Waals surface area contributed by atoms with E-state index in [0.29, 0.717) is 0 Å². The lowest BCUT2D eigenvalue weighted by Gasteiger charge is -2.09. The van der Waals surface area contributed by atoms with Crippen LogP contribution in [0.3, 0.4) is 0 Å². The van der Waals surface area contributed by atoms with Crippen LogP contribution in [-0.2, 0) is 24.3 Å². The van der Waals surface area contributed by atoms with E-state index < -0.39 is 33.8 Å². The van der Waals surface area contributed by atoms with Crippen LogP contribution in [0.25, 0.3) is 0 Å². The van der Waals surface area contributed by atoms with Crippen molar-refractivity contribution in [3.63, 3.8) is 0 Å². The Hall–Kier alpha value is -1.15. The third-order valence-corrected chi connectivity index (χ3v) is 2.67. The molecule has 0 aromatic heterocycles. The van der Waals surface area contributed by atoms with Crippen molar-refractivity contribution >= 4 is 22.0 Å². The monoisotopic (exact) mass is 239 g/mol. The fourth-order valence-corrected chi connectivity index (χ4v) is 1.84. The average molecular weight is 239 g/mol. The second-order valence-corrected chi connectivity index (χ2v) is 4.50. The Bertz CT molecular complexity index is 335. The van der Waals surface area contributed by atoms with Crippen molar-refractivity contribution in [1.29, 1.82) is 0 Å². The molecule has 2 N–H and O–H groups in total. The van der Waals surface area contributed by atoms with Crippen LogP contribution >= 0.6 is 0 Å². The fourth-order valence-electron chi connectivity index (χ4n) is 0.719. The van der Waals surface area contributed by atoms with Gasteiger partial charge in [0.1, 0.15) is 6.04 Å². The van der Waals surface area contributed by atoms with Crippen molar-refractivity contribution in [3.8, 4) is 0 Å². The van der Waals surface area contributed by atoms with Gasteiger partial charge in [0, 0.05) is 0 Å². The first-order valence-electron chi connectivity index (χ1n) is 4.17. The second-order valence-electron chi connectivity index (χ2n) is 2.74. The van der Waals surface area contributed by atoms with Gasteiger partial charge in [-0.2, -0.15) is 0 Å². The normalized spacial score (nSPS) is 13.2. The first-order valence-corrected chi connectivity index (χ1v) is 5.82. The molecule has 0 saturated carbocycles. The predicted molar refractivity (Wildman–Crippen MR) is 50.7 cm³/mol. The molecule has 7 nitrogen and oxygen atoms in total. The molecular weight excluding hydrogens is 226 g/mol. The summed E-state index contributed by atoms with van der Waals surface area (Å²) in [7, 11) is -3.95. The SMILES string of the molecule is CCOC(=O)CS(=O)(=O)NC(C)C(=O)O. The Labute approximate surface area is 87.5 Å². The minimum atomic E-state index is -3.95. The van der Waals surface area contributed by atoms with E-state index in [9.17, 15) is 18.0 Å². The van der Waals surface area contributed by atoms with E-state index in [2.05, 4.69) is 4.74 Å². The van der Waals surface area contributed by atoms with E-state index in [1.54, 1.807) is 0 Å². The maximum absolute atomic E-state index is 11.2. The summed E-state index contributed by atoms with van der Waals surface area (Å²) >= 11 is 0. The van der Waals surface area contributed by atoms with Crippen LogP contribution in [0.5, 0.6) is 0 Å². The number of sulfonamides is 1. The van der Waals surface area contributed by atoms with E-state index >= 15 is 0 Å². The summed E-state index contributed by atoms with van der Waals surface area (Å²) < 4.78 is 28.5. The standard InChI is InChI=1S/C7H13NO6S/c1-3-14-6(9)4-15(12,13)8-5(2)7(10)11/h5,8H,3-4H2,1-2H3,(H,10,11). The molecule has 0 saturated heterocycles. The lowest BCUT2D eigenvalue weighted by atomic mass is 10.4. The number of hydrogen-bond acceptors (Lipinski definition) is 5. The molecule has 8 heteroatoms. The molecule has 0 aliphatic heterocycles. The zero-order valence-electron chi connectivity index (χ0n) is 8.39. The molecule has 1 unspecified atom stereocenters. The number of carboxylic acid groups (broad SMARTS) is 1. The summed E-state index contributed by atoms with van der Waals surface area (Å²) in [6.45, 7) is 2.77. The number of carbonyl (C=O) groups is 2. The average Bonchev–Trinajstić information content (AvgIpc) is 2.01. The van der Waals surface area contributed by atoms with Gasteiger partial charge < -0.3 is 9.84 Å². The second kappa shape index (κ2) is 5.66. The van der Waals surface area contributed by atoms with Crippen molar-refractivity contribution in [3.05, 3.63) is 0 Å². The van der Waals surface area contributed by atoms with Gasteiger partial charge in [0.25, 0.3) is 0 Å². The Morgan fingerprint density at radius 1 is 1.47 bits per heavy atom. The van der Waals surface area contributed by atoms with Crippen LogP contribution in [0.2, 0.25) is 0 Å². The minimum Gasteiger partial charge on any atom is -0.480 e. The third kappa shape index (κ3) is 6.02. The molecule has 0 bridgehead atoms. The van der Waals surface area contributed by atoms with E-state index in [4.69, 9.17) is 5.11 Å². The van der Waals surface area contributed by atoms with E-state index in [1.807, 2.05) is 4.72 Å². The van der Waals surface area contributed by atoms with Gasteiger partial charge in [0.05, 0.1) is 6.61 Å². The zero-order chi connectivity index (χ0) is 12.1. The largest absolute Gasteiger partial charge is 0.480 e. The van der Waals surface area contributed by atoms with Crippen LogP contribution in [0.1, 0.15) is 13.8 Å². The zero-order valence-corrected chi connectivity index (χ0v) is 9.20. The van der Waals surface area contributed by atoms with Gasteiger partial charge in [-0.05, 0) is 13.8 Å². The number of carbonyl (C=O) groups excluding carboxylic acids is 1. The van der Waals surface area contributed by atoms with E-state index in [-0.39, 0.29) is 6.61 Å². The first-order chi connectivity index (χ1) is 6.78. The molecule has 0 spiro atoms. The molecule has 0 radical (unpaired) electrons. The molecule has 15 heavy (non-hydrogen) atoms. The van der Waals surface area contributed by atoms with Gasteiger partial charge in [0.15, 0.2) is 5.75 Å². The lowest BCUT2D eigenvalue weighted by molar-refractivity contribution is -0.140. The van der Waals surface area contributed by atoms with Crippen molar-refractivity contribution in [2.75, 3.05) is 12.4 Å². The van der Waals surface area contributed by atoms with Crippen LogP contribution < -0.4 is 4.72 Å². The van der Waals surface area contributed by atoms with Crippen LogP contribution in [0, 0.1) is 0 Å². The van der Waals surface area contributed by atoms with Crippen molar-refractivity contribution in [1.82, 2.24) is 4.72 Å². The number of aliphatic carboxylic acids is 1. The van der Waals surface area contributed by atoms with Gasteiger partial charge >= 0.3 is 11.9 Å². The molecule has 0 heterocycles. The summed E-state index contributed by atoms with van der Waals surface area (Å²) in [5.74, 6) is -3.11. The molecule has 88 valence electrons. The molecule has 0 aromatic carbocycles. The highest BCUT2D eigenvalue weighted by atomic mass is 32.2. The molecule has 0 aromatic rings. The minimum absolute atomic E-state index is 0.0723. The highest BCUT2D eigenvalue weighted by Gasteiger charge is 2.22. The van der Waals surface area contributed by atoms with Gasteiger partial charge in [-0.1, -0.05) is 0 Å². The van der Waals surface area contributed by atoms with Crippen LogP contribution in [0.4, 0.5) is 0 Å². The molecule has 1 atom stereocenters. The Kier molecular flexibility index (Phi) is 5.23. The Balaban J connectivity index is 4.32. The van der Waals surface area contributed by atoms with Crippen LogP contribution in [0.15, 0.2) is 0 Å². The van der Waals surface area contributed by atoms with Crippen molar-refractivity contribution in [2.45, 2.75) is 19.9 Å². The van der Waals surface area contributed by atoms with Crippen LogP contribution in [-0.4, -0.2) is 43.9 Å². The van der Waals surface area contributed by atoms with Crippen molar-refractivity contribution in [2.24, 2.45) is 0 Å². The maximum Gasteiger partial charge on any atom is 0.322 e. The van der Waals surface area contributed by atoms with Gasteiger partial charge in [-0.25, -0.2) is 13.1 Å². The van der Waals surface area contributed by atoms with Gasteiger partial charge in [0.2, 0.25) is 10.0 Å². The summed E-state index contributed by atoms with van der Waals surface area (Å²) in [4.78, 5) is 21.2. The number of esters is 1. The smallest absolute Gasteiger partial charge is 0.322 e. The summed E-state index contributed by atoms with van der Waals surface area (Å²) in [6, 6.07) is -1.27. The number of hydrogen-bond donors (Lipinski definition) is 2. The summed E-state index contributed by atoms with van der Waals surface area (Å²) in [5.41, 5.74) is 0. The predicted octanol–water partition coefficient (Wildman–Crippen LogP) is -1.06. The van der Waals surface area contributed by atoms with Gasteiger partial charge in [-0.15, -0.1) is 0 Å². The fraction of sp³-hybridized carbons (Fsp3) is 0.714. The molecule has 0 aliphatic rings. The molecule has 0 amide bonds. The van der Waals surface area contributed by atoms with Crippen molar-refractivity contribution < 1.29 is 27.9 Å². The highest BCUT2D eigenvalue weighted by Crippen LogP contribution is 1.92. The summed E-state index contributed by atoms with van der Waals surface area (Å²) in [5, 5.41) is 8.44. The quantitative estimate of drug-likeness (QED) is 0.572. The number of rotatable bonds is 6. The van der Waals surface area contributed by atoms with E-state index in [0.717, 1.165) is 6.92 Å². The lowest BCUT2D eigenvalue weighted by Crippen LogP contribution is -2.41. The summed E-state index contributed by atoms with van der Waals surface area (Å²) in [6.07, 6.45) is 0. The molecule has 0 aliphatic carbocycles. The maximum atomic E-state index is 11.2. The molecular formula is C7H13NO6S. The molecule has 0 fully saturated rings. The Morgan fingerprint density at radius 3 is 2.40 bits per heavy atom. The van der Waals surface area contributed by atoms with Gasteiger partial charge in [-0.3, -0.25) is 9.59 Å². The topological polar surface area (TPSA) is 110 Å². The Morgan fingerprint density at radius 2 is 2.00 bits per heavy atom. The molecule has 0 rings (SSSR count). The van der Waals surface area contributed by atoms with E-state index in [1.165, 1.54) is 6.92 Å². The number of nitrogens with one attached hydrogen (secondary N) is 1. The third-order valence-electron chi connectivity index (χ3n) is 1.34. The first kappa shape index (κ1) is 13.8.